The fraction of sp³-hybridized carbons (Fsp3) is 0.429. The Hall–Kier alpha value is -2.24. The van der Waals surface area contributed by atoms with Crippen molar-refractivity contribution in [3.8, 4) is 11.5 Å². The lowest BCUT2D eigenvalue weighted by molar-refractivity contribution is 0.0389. The number of phenolic OH excluding ortho intramolecular Hbond substituents is 1. The minimum atomic E-state index is -0.436. The zero-order chi connectivity index (χ0) is 18.1. The molecule has 0 aromatic heterocycles. The van der Waals surface area contributed by atoms with Crippen LogP contribution in [0.2, 0.25) is 0 Å². The number of aliphatic hydroxyl groups excluding tert-OH is 1. The second kappa shape index (κ2) is 7.17. The van der Waals surface area contributed by atoms with Gasteiger partial charge in [-0.05, 0) is 35.7 Å². The number of fused-ring (bicyclic) bond motifs is 1. The van der Waals surface area contributed by atoms with E-state index in [1.807, 2.05) is 24.3 Å². The van der Waals surface area contributed by atoms with Gasteiger partial charge in [-0.2, -0.15) is 0 Å². The summed E-state index contributed by atoms with van der Waals surface area (Å²) in [4.78, 5) is 4.74. The maximum atomic E-state index is 10.7. The van der Waals surface area contributed by atoms with Gasteiger partial charge in [-0.15, -0.1) is 0 Å². The summed E-state index contributed by atoms with van der Waals surface area (Å²) < 4.78 is 5.49. The molecule has 2 aliphatic rings. The molecule has 0 amide bonds. The predicted octanol–water partition coefficient (Wildman–Crippen LogP) is 2.05. The smallest absolute Gasteiger partial charge is 0.142 e. The number of methoxy groups -OCH3 is 1. The molecule has 2 N–H and O–H groups in total. The van der Waals surface area contributed by atoms with Gasteiger partial charge in [-0.3, -0.25) is 4.90 Å². The van der Waals surface area contributed by atoms with E-state index in [9.17, 15) is 10.2 Å². The van der Waals surface area contributed by atoms with Crippen LogP contribution in [0.4, 0.5) is 5.69 Å². The number of rotatable bonds is 3. The second-order valence-corrected chi connectivity index (χ2v) is 7.15. The van der Waals surface area contributed by atoms with E-state index in [4.69, 9.17) is 4.74 Å². The number of aromatic hydroxyl groups is 1. The number of aliphatic hydroxyl groups is 1. The predicted molar refractivity (Wildman–Crippen MR) is 102 cm³/mol. The van der Waals surface area contributed by atoms with Crippen LogP contribution in [0.5, 0.6) is 11.5 Å². The molecule has 1 aliphatic heterocycles. The first-order valence-corrected chi connectivity index (χ1v) is 9.27. The summed E-state index contributed by atoms with van der Waals surface area (Å²) >= 11 is 0. The molecule has 1 saturated heterocycles. The van der Waals surface area contributed by atoms with Crippen LogP contribution in [-0.4, -0.2) is 60.5 Å². The Bertz CT molecular complexity index is 772. The molecular weight excluding hydrogens is 328 g/mol. The van der Waals surface area contributed by atoms with Crippen molar-refractivity contribution in [2.24, 2.45) is 0 Å². The molecule has 26 heavy (non-hydrogen) atoms. The zero-order valence-electron chi connectivity index (χ0n) is 15.1. The summed E-state index contributed by atoms with van der Waals surface area (Å²) in [6, 6.07) is 13.9. The molecule has 0 spiro atoms. The molecule has 1 aliphatic carbocycles. The summed E-state index contributed by atoms with van der Waals surface area (Å²) in [5, 5.41) is 20.7. The van der Waals surface area contributed by atoms with Crippen molar-refractivity contribution in [3.63, 3.8) is 0 Å². The molecule has 1 heterocycles. The lowest BCUT2D eigenvalue weighted by Gasteiger charge is -2.43. The zero-order valence-corrected chi connectivity index (χ0v) is 15.1. The Balaban J connectivity index is 1.45. The van der Waals surface area contributed by atoms with E-state index in [2.05, 4.69) is 21.9 Å². The van der Waals surface area contributed by atoms with E-state index in [0.29, 0.717) is 12.2 Å². The Labute approximate surface area is 154 Å². The van der Waals surface area contributed by atoms with Crippen LogP contribution in [-0.2, 0) is 12.8 Å². The Morgan fingerprint density at radius 1 is 0.962 bits per heavy atom. The summed E-state index contributed by atoms with van der Waals surface area (Å²) in [7, 11) is 1.71. The first kappa shape index (κ1) is 17.2. The first-order valence-electron chi connectivity index (χ1n) is 9.27. The minimum Gasteiger partial charge on any atom is -0.508 e. The van der Waals surface area contributed by atoms with Crippen LogP contribution in [0.15, 0.2) is 42.5 Å². The van der Waals surface area contributed by atoms with Crippen LogP contribution in [0, 0.1) is 0 Å². The third-order valence-corrected chi connectivity index (χ3v) is 5.74. The third-order valence-electron chi connectivity index (χ3n) is 5.74. The Morgan fingerprint density at radius 3 is 2.50 bits per heavy atom. The molecule has 1 fully saturated rings. The molecule has 2 aromatic rings. The van der Waals surface area contributed by atoms with Gasteiger partial charge >= 0.3 is 0 Å². The van der Waals surface area contributed by atoms with Crippen LogP contribution < -0.4 is 9.64 Å². The monoisotopic (exact) mass is 354 g/mol. The van der Waals surface area contributed by atoms with Gasteiger partial charge in [0.25, 0.3) is 0 Å². The first-order chi connectivity index (χ1) is 12.7. The Morgan fingerprint density at radius 2 is 1.73 bits per heavy atom. The Kier molecular flexibility index (Phi) is 4.74. The van der Waals surface area contributed by atoms with Crippen molar-refractivity contribution in [2.75, 3.05) is 38.2 Å². The summed E-state index contributed by atoms with van der Waals surface area (Å²) in [6.45, 7) is 3.65. The van der Waals surface area contributed by atoms with Crippen LogP contribution >= 0.6 is 0 Å². The quantitative estimate of drug-likeness (QED) is 0.884. The third kappa shape index (κ3) is 3.13. The molecule has 5 nitrogen and oxygen atoms in total. The summed E-state index contributed by atoms with van der Waals surface area (Å²) in [5.74, 6) is 1.21. The molecule has 4 rings (SSSR count). The molecule has 2 aromatic carbocycles. The molecule has 0 saturated carbocycles. The SMILES string of the molecule is COc1ccccc1N1CCN([C@@H]2Cc3cccc(O)c3C[C@H]2O)CC1. The van der Waals surface area contributed by atoms with Crippen LogP contribution in [0.25, 0.3) is 0 Å². The van der Waals surface area contributed by atoms with Crippen LogP contribution in [0.1, 0.15) is 11.1 Å². The van der Waals surface area contributed by atoms with E-state index in [-0.39, 0.29) is 6.04 Å². The highest BCUT2D eigenvalue weighted by Gasteiger charge is 2.34. The van der Waals surface area contributed by atoms with Gasteiger partial charge in [0.2, 0.25) is 0 Å². The van der Waals surface area contributed by atoms with Gasteiger partial charge < -0.3 is 19.8 Å². The highest BCUT2D eigenvalue weighted by molar-refractivity contribution is 5.58. The summed E-state index contributed by atoms with van der Waals surface area (Å²) in [6.07, 6.45) is 0.882. The number of anilines is 1. The number of para-hydroxylation sites is 2. The normalized spacial score (nSPS) is 23.5. The fourth-order valence-corrected chi connectivity index (χ4v) is 4.31. The average molecular weight is 354 g/mol. The highest BCUT2D eigenvalue weighted by atomic mass is 16.5. The lowest BCUT2D eigenvalue weighted by atomic mass is 9.84. The average Bonchev–Trinajstić information content (AvgIpc) is 2.68. The van der Waals surface area contributed by atoms with E-state index < -0.39 is 6.10 Å². The van der Waals surface area contributed by atoms with Crippen molar-refractivity contribution < 1.29 is 14.9 Å². The second-order valence-electron chi connectivity index (χ2n) is 7.15. The molecule has 5 heteroatoms. The molecular formula is C21H26N2O3. The maximum Gasteiger partial charge on any atom is 0.142 e. The van der Waals surface area contributed by atoms with Gasteiger partial charge in [0.1, 0.15) is 11.5 Å². The number of benzene rings is 2. The number of nitrogens with zero attached hydrogens (tertiary/aromatic N) is 2. The van der Waals surface area contributed by atoms with E-state index in [0.717, 1.165) is 55.2 Å². The van der Waals surface area contributed by atoms with Crippen molar-refractivity contribution in [1.82, 2.24) is 4.90 Å². The number of phenols is 1. The topological polar surface area (TPSA) is 56.2 Å². The molecule has 0 unspecified atom stereocenters. The van der Waals surface area contributed by atoms with Crippen molar-refractivity contribution in [1.29, 1.82) is 0 Å². The fourth-order valence-electron chi connectivity index (χ4n) is 4.31. The van der Waals surface area contributed by atoms with Gasteiger partial charge in [-0.25, -0.2) is 0 Å². The lowest BCUT2D eigenvalue weighted by Crippen LogP contribution is -2.56. The highest BCUT2D eigenvalue weighted by Crippen LogP contribution is 2.33. The number of ether oxygens (including phenoxy) is 1. The number of piperazine rings is 1. The van der Waals surface area contributed by atoms with Gasteiger partial charge in [0.15, 0.2) is 0 Å². The number of hydrogen-bond donors (Lipinski definition) is 2. The van der Waals surface area contributed by atoms with Gasteiger partial charge in [-0.1, -0.05) is 24.3 Å². The van der Waals surface area contributed by atoms with Crippen molar-refractivity contribution >= 4 is 5.69 Å². The summed E-state index contributed by atoms with van der Waals surface area (Å²) in [5.41, 5.74) is 3.20. The molecule has 138 valence electrons. The molecule has 0 radical (unpaired) electrons. The largest absolute Gasteiger partial charge is 0.508 e. The molecule has 2 atom stereocenters. The maximum absolute atomic E-state index is 10.7. The van der Waals surface area contributed by atoms with E-state index in [1.165, 1.54) is 0 Å². The van der Waals surface area contributed by atoms with Crippen molar-refractivity contribution in [2.45, 2.75) is 25.0 Å². The van der Waals surface area contributed by atoms with Crippen molar-refractivity contribution in [3.05, 3.63) is 53.6 Å². The van der Waals surface area contributed by atoms with E-state index >= 15 is 0 Å². The standard InChI is InChI=1S/C21H26N2O3/c1-26-21-8-3-2-6-17(21)22-9-11-23(12-10-22)18-13-15-5-4-7-19(24)16(15)14-20(18)25/h2-8,18,20,24-25H,9-14H2,1H3/t18-,20-/m1/s1. The number of hydrogen-bond acceptors (Lipinski definition) is 5. The van der Waals surface area contributed by atoms with Crippen LogP contribution in [0.3, 0.4) is 0 Å². The van der Waals surface area contributed by atoms with Gasteiger partial charge in [0.05, 0.1) is 18.9 Å². The minimum absolute atomic E-state index is 0.115. The van der Waals surface area contributed by atoms with Gasteiger partial charge in [0, 0.05) is 38.6 Å². The molecule has 0 bridgehead atoms. The van der Waals surface area contributed by atoms with E-state index in [1.54, 1.807) is 13.2 Å².